The zero-order valence-electron chi connectivity index (χ0n) is 12.5. The minimum Gasteiger partial charge on any atom is -0.463 e. The molecule has 0 saturated heterocycles. The first kappa shape index (κ1) is 14.8. The Hall–Kier alpha value is -3.16. The first-order valence-corrected chi connectivity index (χ1v) is 6.92. The van der Waals surface area contributed by atoms with Gasteiger partial charge >= 0.3 is 0 Å². The Balaban J connectivity index is 1.86. The minimum absolute atomic E-state index is 0.217. The van der Waals surface area contributed by atoms with Crippen molar-refractivity contribution in [2.45, 2.75) is 19.9 Å². The number of nitrogens with one attached hydrogen (secondary N) is 1. The van der Waals surface area contributed by atoms with Crippen molar-refractivity contribution < 1.29 is 13.7 Å². The summed E-state index contributed by atoms with van der Waals surface area (Å²) in [6, 6.07) is 7.08. The Morgan fingerprint density at radius 3 is 2.83 bits per heavy atom. The molecule has 1 unspecified atom stereocenters. The Bertz CT molecular complexity index is 879. The first-order valence-electron chi connectivity index (χ1n) is 6.92. The van der Waals surface area contributed by atoms with Gasteiger partial charge in [0.25, 0.3) is 11.5 Å². The first-order chi connectivity index (χ1) is 11.0. The molecule has 3 aromatic heterocycles. The smallest absolute Gasteiger partial charge is 0.267 e. The molecule has 1 amide bonds. The fourth-order valence-corrected chi connectivity index (χ4v) is 2.02. The van der Waals surface area contributed by atoms with E-state index in [1.54, 1.807) is 38.1 Å². The number of furan rings is 1. The lowest BCUT2D eigenvalue weighted by Gasteiger charge is -2.13. The van der Waals surface area contributed by atoms with Gasteiger partial charge in [-0.2, -0.15) is 5.10 Å². The summed E-state index contributed by atoms with van der Waals surface area (Å²) in [6.45, 7) is 3.31. The van der Waals surface area contributed by atoms with Crippen LogP contribution in [0, 0.1) is 6.92 Å². The molecule has 0 saturated carbocycles. The van der Waals surface area contributed by atoms with Gasteiger partial charge < -0.3 is 8.94 Å². The zero-order valence-corrected chi connectivity index (χ0v) is 12.5. The molecule has 8 nitrogen and oxygen atoms in total. The van der Waals surface area contributed by atoms with Crippen molar-refractivity contribution in [3.8, 4) is 11.5 Å². The molecule has 0 radical (unpaired) electrons. The van der Waals surface area contributed by atoms with E-state index in [2.05, 4.69) is 15.6 Å². The maximum absolute atomic E-state index is 12.3. The number of hydrogen-bond donors (Lipinski definition) is 1. The van der Waals surface area contributed by atoms with Crippen LogP contribution in [-0.4, -0.2) is 20.8 Å². The Morgan fingerprint density at radius 2 is 2.17 bits per heavy atom. The molecular formula is C15H14N4O4. The van der Waals surface area contributed by atoms with Crippen molar-refractivity contribution in [1.82, 2.24) is 14.9 Å². The molecule has 0 aliphatic heterocycles. The van der Waals surface area contributed by atoms with Gasteiger partial charge in [0, 0.05) is 12.1 Å². The topological polar surface area (TPSA) is 103 Å². The van der Waals surface area contributed by atoms with Crippen LogP contribution in [0.5, 0.6) is 0 Å². The summed E-state index contributed by atoms with van der Waals surface area (Å²) in [5, 5.41) is 10.4. The molecular weight excluding hydrogens is 300 g/mol. The van der Waals surface area contributed by atoms with E-state index in [1.807, 2.05) is 0 Å². The number of anilines is 1. The molecule has 3 heterocycles. The standard InChI is InChI=1S/C15H14N4O4/c1-9-8-13(23-18-9)16-15(21)10(2)19-14(20)6-5-11(17-19)12-4-3-7-22-12/h3-8,10H,1-2H3,(H,16,21). The van der Waals surface area contributed by atoms with Crippen molar-refractivity contribution in [1.29, 1.82) is 0 Å². The molecule has 1 atom stereocenters. The summed E-state index contributed by atoms with van der Waals surface area (Å²) in [4.78, 5) is 24.2. The quantitative estimate of drug-likeness (QED) is 0.790. The maximum atomic E-state index is 12.3. The third-order valence-electron chi connectivity index (χ3n) is 3.22. The number of rotatable bonds is 4. The second kappa shape index (κ2) is 5.91. The van der Waals surface area contributed by atoms with Crippen LogP contribution < -0.4 is 10.9 Å². The third kappa shape index (κ3) is 3.05. The molecule has 0 aromatic carbocycles. The van der Waals surface area contributed by atoms with Crippen molar-refractivity contribution in [3.63, 3.8) is 0 Å². The van der Waals surface area contributed by atoms with E-state index in [4.69, 9.17) is 8.94 Å². The SMILES string of the molecule is Cc1cc(NC(=O)C(C)n2nc(-c3ccco3)ccc2=O)on1. The predicted octanol–water partition coefficient (Wildman–Crippen LogP) is 2.00. The monoisotopic (exact) mass is 314 g/mol. The van der Waals surface area contributed by atoms with Crippen LogP contribution in [0.2, 0.25) is 0 Å². The van der Waals surface area contributed by atoms with Gasteiger partial charge in [-0.25, -0.2) is 4.68 Å². The fourth-order valence-electron chi connectivity index (χ4n) is 2.02. The van der Waals surface area contributed by atoms with E-state index in [-0.39, 0.29) is 5.88 Å². The highest BCUT2D eigenvalue weighted by Gasteiger charge is 2.20. The Labute approximate surface area is 130 Å². The van der Waals surface area contributed by atoms with E-state index in [0.29, 0.717) is 17.1 Å². The number of nitrogens with zero attached hydrogens (tertiary/aromatic N) is 3. The summed E-state index contributed by atoms with van der Waals surface area (Å²) in [7, 11) is 0. The van der Waals surface area contributed by atoms with E-state index in [9.17, 15) is 9.59 Å². The maximum Gasteiger partial charge on any atom is 0.267 e. The van der Waals surface area contributed by atoms with Crippen LogP contribution in [0.25, 0.3) is 11.5 Å². The molecule has 23 heavy (non-hydrogen) atoms. The molecule has 0 aliphatic rings. The largest absolute Gasteiger partial charge is 0.463 e. The molecule has 0 spiro atoms. The lowest BCUT2D eigenvalue weighted by Crippen LogP contribution is -2.33. The van der Waals surface area contributed by atoms with Crippen LogP contribution in [0.15, 0.2) is 50.3 Å². The van der Waals surface area contributed by atoms with Crippen LogP contribution in [-0.2, 0) is 4.79 Å². The minimum atomic E-state index is -0.831. The molecule has 3 aromatic rings. The summed E-state index contributed by atoms with van der Waals surface area (Å²) in [5.74, 6) is 0.291. The molecule has 118 valence electrons. The van der Waals surface area contributed by atoms with Gasteiger partial charge in [0.1, 0.15) is 11.7 Å². The highest BCUT2D eigenvalue weighted by atomic mass is 16.5. The van der Waals surface area contributed by atoms with Crippen molar-refractivity contribution in [3.05, 3.63) is 52.6 Å². The van der Waals surface area contributed by atoms with Crippen LogP contribution in [0.4, 0.5) is 5.88 Å². The fraction of sp³-hybridized carbons (Fsp3) is 0.200. The predicted molar refractivity (Wildman–Crippen MR) is 80.8 cm³/mol. The number of carbonyl (C=O) groups is 1. The van der Waals surface area contributed by atoms with E-state index in [0.717, 1.165) is 4.68 Å². The summed E-state index contributed by atoms with van der Waals surface area (Å²) in [6.07, 6.45) is 1.51. The van der Waals surface area contributed by atoms with Gasteiger partial charge in [0.2, 0.25) is 5.88 Å². The Kier molecular flexibility index (Phi) is 3.80. The number of carbonyl (C=O) groups excluding carboxylic acids is 1. The normalized spacial score (nSPS) is 12.1. The molecule has 0 aliphatic carbocycles. The van der Waals surface area contributed by atoms with Gasteiger partial charge in [0.05, 0.1) is 12.0 Å². The second-order valence-electron chi connectivity index (χ2n) is 4.98. The van der Waals surface area contributed by atoms with Crippen LogP contribution >= 0.6 is 0 Å². The number of aryl methyl sites for hydroxylation is 1. The van der Waals surface area contributed by atoms with Gasteiger partial charge in [-0.15, -0.1) is 0 Å². The van der Waals surface area contributed by atoms with E-state index >= 15 is 0 Å². The molecule has 1 N–H and O–H groups in total. The average molecular weight is 314 g/mol. The number of hydrogen-bond acceptors (Lipinski definition) is 6. The van der Waals surface area contributed by atoms with Crippen molar-refractivity contribution >= 4 is 11.8 Å². The van der Waals surface area contributed by atoms with Gasteiger partial charge in [0.15, 0.2) is 5.76 Å². The molecule has 0 fully saturated rings. The summed E-state index contributed by atoms with van der Waals surface area (Å²) >= 11 is 0. The number of aromatic nitrogens is 3. The molecule has 3 rings (SSSR count). The lowest BCUT2D eigenvalue weighted by atomic mass is 10.3. The van der Waals surface area contributed by atoms with Gasteiger partial charge in [-0.3, -0.25) is 14.9 Å². The average Bonchev–Trinajstić information content (AvgIpc) is 3.19. The molecule has 0 bridgehead atoms. The van der Waals surface area contributed by atoms with Crippen LogP contribution in [0.3, 0.4) is 0 Å². The summed E-state index contributed by atoms with van der Waals surface area (Å²) in [5.41, 5.74) is 0.713. The highest BCUT2D eigenvalue weighted by Crippen LogP contribution is 2.17. The van der Waals surface area contributed by atoms with Gasteiger partial charge in [-0.05, 0) is 32.0 Å². The summed E-state index contributed by atoms with van der Waals surface area (Å²) < 4.78 is 11.3. The lowest BCUT2D eigenvalue weighted by molar-refractivity contribution is -0.119. The van der Waals surface area contributed by atoms with E-state index < -0.39 is 17.5 Å². The van der Waals surface area contributed by atoms with Gasteiger partial charge in [-0.1, -0.05) is 5.16 Å². The van der Waals surface area contributed by atoms with Crippen molar-refractivity contribution in [2.24, 2.45) is 0 Å². The van der Waals surface area contributed by atoms with Crippen LogP contribution in [0.1, 0.15) is 18.7 Å². The zero-order chi connectivity index (χ0) is 16.4. The highest BCUT2D eigenvalue weighted by molar-refractivity contribution is 5.92. The van der Waals surface area contributed by atoms with E-state index in [1.165, 1.54) is 12.3 Å². The second-order valence-corrected chi connectivity index (χ2v) is 4.98. The Morgan fingerprint density at radius 1 is 1.35 bits per heavy atom. The molecule has 8 heteroatoms. The third-order valence-corrected chi connectivity index (χ3v) is 3.22. The number of amides is 1. The van der Waals surface area contributed by atoms with Crippen molar-refractivity contribution in [2.75, 3.05) is 5.32 Å².